The minimum absolute atomic E-state index is 0.0339. The Kier molecular flexibility index (Phi) is 10.1. The van der Waals surface area contributed by atoms with E-state index < -0.39 is 74.8 Å². The SMILES string of the molecule is CC(=O)Nc1ccc(S(=O)(=O)O)c(N=Nc2c(SOOO)cc3cc(S(=O)(=O)O)c(N=Nc4ccc([N+](=O)[O-])cc4)c(O)c3c2O)c1. The van der Waals surface area contributed by atoms with Gasteiger partial charge in [-0.25, -0.2) is 5.26 Å². The van der Waals surface area contributed by atoms with E-state index in [1.54, 1.807) is 0 Å². The average Bonchev–Trinajstić information content (AvgIpc) is 2.97. The van der Waals surface area contributed by atoms with E-state index >= 15 is 0 Å². The molecule has 0 atom stereocenters. The summed E-state index contributed by atoms with van der Waals surface area (Å²) < 4.78 is 72.3. The maximum absolute atomic E-state index is 12.2. The summed E-state index contributed by atoms with van der Waals surface area (Å²) in [6.45, 7) is 1.16. The van der Waals surface area contributed by atoms with Gasteiger partial charge in [0, 0.05) is 24.7 Å². The largest absolute Gasteiger partial charge is 0.505 e. The van der Waals surface area contributed by atoms with Crippen molar-refractivity contribution in [2.75, 3.05) is 5.32 Å². The number of nitrogens with zero attached hydrogens (tertiary/aromatic N) is 5. The van der Waals surface area contributed by atoms with Crippen molar-refractivity contribution in [3.05, 3.63) is 64.7 Å². The van der Waals surface area contributed by atoms with Crippen LogP contribution in [0.1, 0.15) is 6.92 Å². The molecule has 0 aliphatic rings. The molecule has 0 saturated carbocycles. The summed E-state index contributed by atoms with van der Waals surface area (Å²) in [6.07, 6.45) is 0. The zero-order valence-corrected chi connectivity index (χ0v) is 25.5. The van der Waals surface area contributed by atoms with Gasteiger partial charge in [-0.15, -0.1) is 19.7 Å². The zero-order valence-electron chi connectivity index (χ0n) is 23.1. The number of benzene rings is 4. The number of nitro groups is 1. The summed E-state index contributed by atoms with van der Waals surface area (Å²) in [7, 11) is -10.0. The van der Waals surface area contributed by atoms with Crippen molar-refractivity contribution in [1.82, 2.24) is 0 Å². The van der Waals surface area contributed by atoms with Gasteiger partial charge in [0.2, 0.25) is 5.91 Å². The van der Waals surface area contributed by atoms with Crippen molar-refractivity contribution in [1.29, 1.82) is 0 Å². The first-order valence-corrected chi connectivity index (χ1v) is 15.8. The van der Waals surface area contributed by atoms with Crippen molar-refractivity contribution in [2.45, 2.75) is 21.6 Å². The first-order chi connectivity index (χ1) is 22.0. The lowest BCUT2D eigenvalue weighted by Gasteiger charge is -2.13. The third-order valence-electron chi connectivity index (χ3n) is 5.82. The Morgan fingerprint density at radius 3 is 2.06 bits per heavy atom. The summed E-state index contributed by atoms with van der Waals surface area (Å²) in [5.74, 6) is -2.58. The lowest BCUT2D eigenvalue weighted by molar-refractivity contribution is -0.432. The molecule has 20 nitrogen and oxygen atoms in total. The number of aromatic hydroxyl groups is 2. The number of azo groups is 2. The molecule has 4 aromatic rings. The summed E-state index contributed by atoms with van der Waals surface area (Å²) in [6, 6.07) is 9.28. The third-order valence-corrected chi connectivity index (χ3v) is 8.21. The molecular formula is C24H18N6O14S3. The predicted molar refractivity (Wildman–Crippen MR) is 160 cm³/mol. The standard InChI is InChI=1S/C24H18N6O14S3/c1-11(31)25-14-4-7-18(46(37,38)39)16(10-14)27-28-21-17(45-44-43-36)8-12-9-19(47(40,41)42)22(24(33)20(12)23(21)32)29-26-13-2-5-15(6-3-13)30(34)35/h2-10,32-33,36H,1H3,(H,25,31)(H,37,38,39)(H,40,41,42). The second kappa shape index (κ2) is 13.7. The van der Waals surface area contributed by atoms with Crippen LogP contribution in [0.2, 0.25) is 0 Å². The number of hydrogen-bond donors (Lipinski definition) is 6. The van der Waals surface area contributed by atoms with Gasteiger partial charge in [0.15, 0.2) is 11.5 Å². The number of hydrogen-bond acceptors (Lipinski definition) is 17. The molecule has 0 aromatic heterocycles. The average molecular weight is 711 g/mol. The van der Waals surface area contributed by atoms with Crippen LogP contribution in [0.3, 0.4) is 0 Å². The highest BCUT2D eigenvalue weighted by Crippen LogP contribution is 2.51. The van der Waals surface area contributed by atoms with Gasteiger partial charge in [-0.3, -0.25) is 24.0 Å². The predicted octanol–water partition coefficient (Wildman–Crippen LogP) is 5.87. The van der Waals surface area contributed by atoms with Crippen molar-refractivity contribution < 1.29 is 60.5 Å². The maximum Gasteiger partial charge on any atom is 0.296 e. The Morgan fingerprint density at radius 2 is 1.49 bits per heavy atom. The van der Waals surface area contributed by atoms with Gasteiger partial charge in [0.1, 0.15) is 26.9 Å². The highest BCUT2D eigenvalue weighted by atomic mass is 32.2. The molecule has 0 radical (unpaired) electrons. The molecule has 47 heavy (non-hydrogen) atoms. The zero-order chi connectivity index (χ0) is 34.7. The van der Waals surface area contributed by atoms with Crippen molar-refractivity contribution in [3.8, 4) is 11.5 Å². The van der Waals surface area contributed by atoms with Crippen LogP contribution in [0.25, 0.3) is 10.8 Å². The van der Waals surface area contributed by atoms with Crippen LogP contribution in [0, 0.1) is 10.1 Å². The number of phenolic OH excluding ortho intramolecular Hbond substituents is 2. The van der Waals surface area contributed by atoms with E-state index in [2.05, 4.69) is 35.1 Å². The van der Waals surface area contributed by atoms with Gasteiger partial charge in [-0.2, -0.15) is 21.9 Å². The number of fused-ring (bicyclic) bond motifs is 1. The van der Waals surface area contributed by atoms with Gasteiger partial charge in [0.25, 0.3) is 25.9 Å². The smallest absolute Gasteiger partial charge is 0.296 e. The number of non-ortho nitro benzene ring substituents is 1. The maximum atomic E-state index is 12.2. The minimum atomic E-state index is -5.14. The normalized spacial score (nSPS) is 12.3. The van der Waals surface area contributed by atoms with Crippen molar-refractivity contribution in [3.63, 3.8) is 0 Å². The topological polar surface area (TPSA) is 310 Å². The molecule has 0 fully saturated rings. The van der Waals surface area contributed by atoms with Gasteiger partial charge in [-0.1, -0.05) is 5.04 Å². The first kappa shape index (κ1) is 34.7. The van der Waals surface area contributed by atoms with Crippen LogP contribution in [-0.2, 0) is 34.4 Å². The fraction of sp³-hybridized carbons (Fsp3) is 0.0417. The third kappa shape index (κ3) is 7.99. The summed E-state index contributed by atoms with van der Waals surface area (Å²) in [5, 5.41) is 61.9. The molecule has 6 N–H and O–H groups in total. The molecule has 4 rings (SSSR count). The Balaban J connectivity index is 1.96. The molecule has 4 aromatic carbocycles. The Labute approximate surface area is 266 Å². The molecule has 0 unspecified atom stereocenters. The van der Waals surface area contributed by atoms with E-state index in [1.807, 2.05) is 0 Å². The summed E-state index contributed by atoms with van der Waals surface area (Å²) in [5.41, 5.74) is -2.34. The number of carbonyl (C=O) groups excluding carboxylic acids is 1. The number of nitro benzene ring substituents is 1. The van der Waals surface area contributed by atoms with Gasteiger partial charge in [-0.05, 0) is 47.9 Å². The van der Waals surface area contributed by atoms with Gasteiger partial charge in [0.05, 0.1) is 32.9 Å². The molecule has 0 spiro atoms. The van der Waals surface area contributed by atoms with Crippen LogP contribution in [0.15, 0.2) is 89.7 Å². The summed E-state index contributed by atoms with van der Waals surface area (Å²) >= 11 is 0.173. The van der Waals surface area contributed by atoms with Crippen molar-refractivity contribution >= 4 is 83.1 Å². The molecule has 1 amide bonds. The molecule has 0 saturated heterocycles. The molecule has 0 aliphatic carbocycles. The van der Waals surface area contributed by atoms with E-state index in [0.29, 0.717) is 0 Å². The second-order valence-corrected chi connectivity index (χ2v) is 12.5. The Hall–Kier alpha value is -5.14. The Morgan fingerprint density at radius 1 is 0.872 bits per heavy atom. The number of amides is 1. The first-order valence-electron chi connectivity index (χ1n) is 12.2. The monoisotopic (exact) mass is 710 g/mol. The number of phenols is 2. The van der Waals surface area contributed by atoms with Crippen molar-refractivity contribution in [2.24, 2.45) is 20.5 Å². The minimum Gasteiger partial charge on any atom is -0.505 e. The van der Waals surface area contributed by atoms with Gasteiger partial charge < -0.3 is 15.5 Å². The number of nitrogens with one attached hydrogen (secondary N) is 1. The number of carbonyl (C=O) groups is 1. The van der Waals surface area contributed by atoms with Crippen LogP contribution in [-0.4, -0.2) is 52.2 Å². The van der Waals surface area contributed by atoms with E-state index in [9.17, 15) is 51.1 Å². The fourth-order valence-corrected chi connectivity index (χ4v) is 5.67. The van der Waals surface area contributed by atoms with Crippen LogP contribution >= 0.6 is 12.0 Å². The lowest BCUT2D eigenvalue weighted by atomic mass is 10.1. The van der Waals surface area contributed by atoms with Crippen LogP contribution in [0.4, 0.5) is 34.1 Å². The van der Waals surface area contributed by atoms with E-state index in [4.69, 9.17) is 5.26 Å². The highest BCUT2D eigenvalue weighted by molar-refractivity contribution is 7.94. The van der Waals surface area contributed by atoms with E-state index in [0.717, 1.165) is 61.5 Å². The number of anilines is 1. The van der Waals surface area contributed by atoms with Gasteiger partial charge >= 0.3 is 0 Å². The molecule has 0 bridgehead atoms. The quantitative estimate of drug-likeness (QED) is 0.0265. The molecule has 0 heterocycles. The van der Waals surface area contributed by atoms with Crippen LogP contribution in [0.5, 0.6) is 11.5 Å². The molecular weight excluding hydrogens is 692 g/mol. The Bertz CT molecular complexity index is 2190. The van der Waals surface area contributed by atoms with E-state index in [1.165, 1.54) is 0 Å². The fourth-order valence-electron chi connectivity index (χ4n) is 3.91. The second-order valence-electron chi connectivity index (χ2n) is 8.96. The number of rotatable bonds is 11. The highest BCUT2D eigenvalue weighted by Gasteiger charge is 2.27. The van der Waals surface area contributed by atoms with Crippen LogP contribution < -0.4 is 5.32 Å². The summed E-state index contributed by atoms with van der Waals surface area (Å²) in [4.78, 5) is 19.6. The molecule has 246 valence electrons. The molecule has 23 heteroatoms. The lowest BCUT2D eigenvalue weighted by Crippen LogP contribution is -2.06. The molecule has 0 aliphatic heterocycles. The van der Waals surface area contributed by atoms with E-state index in [-0.39, 0.29) is 39.4 Å².